The van der Waals surface area contributed by atoms with Crippen molar-refractivity contribution < 1.29 is 0 Å². The second-order valence-electron chi connectivity index (χ2n) is 6.07. The van der Waals surface area contributed by atoms with Crippen LogP contribution in [0.1, 0.15) is 24.0 Å². The Kier molecular flexibility index (Phi) is 4.56. The van der Waals surface area contributed by atoms with Crippen molar-refractivity contribution in [3.63, 3.8) is 0 Å². The van der Waals surface area contributed by atoms with Crippen molar-refractivity contribution in [1.29, 1.82) is 0 Å². The molecule has 1 heterocycles. The molecule has 0 aromatic heterocycles. The molecule has 21 heavy (non-hydrogen) atoms. The zero-order valence-electron chi connectivity index (χ0n) is 12.8. The molecule has 0 saturated carbocycles. The molecule has 1 aliphatic rings. The molecule has 1 fully saturated rings. The molecule has 1 saturated heterocycles. The maximum Gasteiger partial charge on any atom is 0.0388 e. The number of hydrogen-bond acceptors (Lipinski definition) is 2. The average Bonchev–Trinajstić information content (AvgIpc) is 2.50. The van der Waals surface area contributed by atoms with Gasteiger partial charge >= 0.3 is 0 Å². The van der Waals surface area contributed by atoms with E-state index in [1.165, 1.54) is 36.2 Å². The predicted molar refractivity (Wildman–Crippen MR) is 89.8 cm³/mol. The van der Waals surface area contributed by atoms with Crippen molar-refractivity contribution in [3.05, 3.63) is 65.7 Å². The van der Waals surface area contributed by atoms with Gasteiger partial charge in [-0.25, -0.2) is 0 Å². The van der Waals surface area contributed by atoms with E-state index >= 15 is 0 Å². The Hall–Kier alpha value is -1.80. The molecular weight excluding hydrogens is 256 g/mol. The standard InChI is InChI=1S/C19H24N2/c1-21-13-7-11-18(15-21)20-19-12-6-5-10-17(19)14-16-8-3-2-4-9-16/h2-6,8-10,12,18,20H,7,11,13-15H2,1H3. The Morgan fingerprint density at radius 1 is 1.05 bits per heavy atom. The van der Waals surface area contributed by atoms with Gasteiger partial charge in [0.05, 0.1) is 0 Å². The Morgan fingerprint density at radius 2 is 1.81 bits per heavy atom. The summed E-state index contributed by atoms with van der Waals surface area (Å²) in [6.07, 6.45) is 3.55. The molecule has 2 nitrogen and oxygen atoms in total. The van der Waals surface area contributed by atoms with Gasteiger partial charge in [-0.1, -0.05) is 48.5 Å². The van der Waals surface area contributed by atoms with Crippen LogP contribution in [0.3, 0.4) is 0 Å². The predicted octanol–water partition coefficient (Wildman–Crippen LogP) is 3.78. The molecule has 2 aromatic carbocycles. The number of para-hydroxylation sites is 1. The highest BCUT2D eigenvalue weighted by molar-refractivity contribution is 5.53. The summed E-state index contributed by atoms with van der Waals surface area (Å²) in [4.78, 5) is 2.42. The first-order valence-corrected chi connectivity index (χ1v) is 7.88. The third kappa shape index (κ3) is 3.85. The quantitative estimate of drug-likeness (QED) is 0.917. The van der Waals surface area contributed by atoms with Gasteiger partial charge in [-0.15, -0.1) is 0 Å². The highest BCUT2D eigenvalue weighted by Crippen LogP contribution is 2.22. The normalized spacial score (nSPS) is 19.4. The summed E-state index contributed by atoms with van der Waals surface area (Å²) < 4.78 is 0. The molecule has 0 aliphatic carbocycles. The summed E-state index contributed by atoms with van der Waals surface area (Å²) >= 11 is 0. The Morgan fingerprint density at radius 3 is 2.62 bits per heavy atom. The number of likely N-dealkylation sites (tertiary alicyclic amines) is 1. The topological polar surface area (TPSA) is 15.3 Å². The molecule has 1 aliphatic heterocycles. The summed E-state index contributed by atoms with van der Waals surface area (Å²) in [5.41, 5.74) is 4.05. The van der Waals surface area contributed by atoms with Crippen LogP contribution in [0.5, 0.6) is 0 Å². The minimum atomic E-state index is 0.570. The van der Waals surface area contributed by atoms with Gasteiger partial charge in [0.2, 0.25) is 0 Å². The number of nitrogens with one attached hydrogen (secondary N) is 1. The smallest absolute Gasteiger partial charge is 0.0388 e. The van der Waals surface area contributed by atoms with Gasteiger partial charge in [0.25, 0.3) is 0 Å². The summed E-state index contributed by atoms with van der Waals surface area (Å²) in [5, 5.41) is 3.76. The van der Waals surface area contributed by atoms with Crippen molar-refractivity contribution in [2.75, 3.05) is 25.5 Å². The molecule has 0 radical (unpaired) electrons. The number of rotatable bonds is 4. The molecule has 1 N–H and O–H groups in total. The van der Waals surface area contributed by atoms with Crippen molar-refractivity contribution in [2.24, 2.45) is 0 Å². The summed E-state index contributed by atoms with van der Waals surface area (Å²) in [5.74, 6) is 0. The molecule has 110 valence electrons. The van der Waals surface area contributed by atoms with Gasteiger partial charge in [-0.05, 0) is 50.0 Å². The van der Waals surface area contributed by atoms with E-state index in [2.05, 4.69) is 71.9 Å². The summed E-state index contributed by atoms with van der Waals surface area (Å²) in [7, 11) is 2.21. The van der Waals surface area contributed by atoms with Crippen LogP contribution in [0.25, 0.3) is 0 Å². The van der Waals surface area contributed by atoms with Crippen LogP contribution >= 0.6 is 0 Å². The third-order valence-electron chi connectivity index (χ3n) is 4.24. The highest BCUT2D eigenvalue weighted by Gasteiger charge is 2.17. The summed E-state index contributed by atoms with van der Waals surface area (Å²) in [6.45, 7) is 2.36. The fraction of sp³-hybridized carbons (Fsp3) is 0.368. The van der Waals surface area contributed by atoms with E-state index in [1.54, 1.807) is 0 Å². The maximum atomic E-state index is 3.76. The lowest BCUT2D eigenvalue weighted by Gasteiger charge is -2.31. The lowest BCUT2D eigenvalue weighted by Crippen LogP contribution is -2.39. The van der Waals surface area contributed by atoms with E-state index in [4.69, 9.17) is 0 Å². The van der Waals surface area contributed by atoms with Crippen LogP contribution in [-0.2, 0) is 6.42 Å². The Labute approximate surface area is 127 Å². The molecule has 1 unspecified atom stereocenters. The fourth-order valence-electron chi connectivity index (χ4n) is 3.14. The second kappa shape index (κ2) is 6.77. The van der Waals surface area contributed by atoms with Crippen LogP contribution in [0.4, 0.5) is 5.69 Å². The van der Waals surface area contributed by atoms with E-state index in [0.29, 0.717) is 6.04 Å². The average molecular weight is 280 g/mol. The van der Waals surface area contributed by atoms with E-state index in [1.807, 2.05) is 0 Å². The Bertz CT molecular complexity index is 565. The molecule has 1 atom stereocenters. The van der Waals surface area contributed by atoms with Gasteiger partial charge in [0.15, 0.2) is 0 Å². The van der Waals surface area contributed by atoms with Crippen molar-refractivity contribution in [3.8, 4) is 0 Å². The minimum Gasteiger partial charge on any atom is -0.381 e. The molecule has 0 spiro atoms. The SMILES string of the molecule is CN1CCCC(Nc2ccccc2Cc2ccccc2)C1. The summed E-state index contributed by atoms with van der Waals surface area (Å²) in [6, 6.07) is 20.0. The first-order valence-electron chi connectivity index (χ1n) is 7.88. The molecule has 2 aromatic rings. The van der Waals surface area contributed by atoms with E-state index in [9.17, 15) is 0 Å². The zero-order chi connectivity index (χ0) is 14.5. The molecular formula is C19H24N2. The number of anilines is 1. The molecule has 2 heteroatoms. The van der Waals surface area contributed by atoms with Gasteiger partial charge in [0.1, 0.15) is 0 Å². The second-order valence-corrected chi connectivity index (χ2v) is 6.07. The Balaban J connectivity index is 1.73. The highest BCUT2D eigenvalue weighted by atomic mass is 15.1. The van der Waals surface area contributed by atoms with Crippen LogP contribution in [0, 0.1) is 0 Å². The van der Waals surface area contributed by atoms with Crippen LogP contribution in [0.2, 0.25) is 0 Å². The zero-order valence-corrected chi connectivity index (χ0v) is 12.8. The van der Waals surface area contributed by atoms with Crippen LogP contribution < -0.4 is 5.32 Å². The first-order chi connectivity index (χ1) is 10.3. The van der Waals surface area contributed by atoms with Crippen molar-refractivity contribution in [1.82, 2.24) is 4.90 Å². The van der Waals surface area contributed by atoms with E-state index in [0.717, 1.165) is 13.0 Å². The van der Waals surface area contributed by atoms with Gasteiger partial charge in [-0.2, -0.15) is 0 Å². The first kappa shape index (κ1) is 14.2. The largest absolute Gasteiger partial charge is 0.381 e. The van der Waals surface area contributed by atoms with E-state index < -0.39 is 0 Å². The van der Waals surface area contributed by atoms with Crippen LogP contribution in [-0.4, -0.2) is 31.1 Å². The molecule has 3 rings (SSSR count). The monoisotopic (exact) mass is 280 g/mol. The van der Waals surface area contributed by atoms with Crippen molar-refractivity contribution >= 4 is 5.69 Å². The van der Waals surface area contributed by atoms with Gasteiger partial charge < -0.3 is 10.2 Å². The van der Waals surface area contributed by atoms with Crippen molar-refractivity contribution in [2.45, 2.75) is 25.3 Å². The third-order valence-corrected chi connectivity index (χ3v) is 4.24. The lowest BCUT2D eigenvalue weighted by molar-refractivity contribution is 0.261. The maximum absolute atomic E-state index is 3.76. The number of nitrogens with zero attached hydrogens (tertiary/aromatic N) is 1. The molecule has 0 bridgehead atoms. The number of benzene rings is 2. The fourth-order valence-corrected chi connectivity index (χ4v) is 3.14. The molecule has 0 amide bonds. The number of hydrogen-bond donors (Lipinski definition) is 1. The van der Waals surface area contributed by atoms with Gasteiger partial charge in [-0.3, -0.25) is 0 Å². The van der Waals surface area contributed by atoms with Gasteiger partial charge in [0, 0.05) is 18.3 Å². The van der Waals surface area contributed by atoms with E-state index in [-0.39, 0.29) is 0 Å². The van der Waals surface area contributed by atoms with Crippen LogP contribution in [0.15, 0.2) is 54.6 Å². The number of piperidine rings is 1. The lowest BCUT2D eigenvalue weighted by atomic mass is 10.0. The minimum absolute atomic E-state index is 0.570. The number of likely N-dealkylation sites (N-methyl/N-ethyl adjacent to an activating group) is 1.